The molecule has 0 aromatic carbocycles. The largest absolute Gasteiger partial charge is 0.313 e. The first-order valence-corrected chi connectivity index (χ1v) is 9.04. The van der Waals surface area contributed by atoms with Gasteiger partial charge < -0.3 is 5.32 Å². The van der Waals surface area contributed by atoms with Crippen molar-refractivity contribution in [2.45, 2.75) is 76.4 Å². The van der Waals surface area contributed by atoms with Crippen molar-refractivity contribution in [2.75, 3.05) is 32.7 Å². The molecule has 2 aliphatic heterocycles. The van der Waals surface area contributed by atoms with E-state index in [9.17, 15) is 0 Å². The summed E-state index contributed by atoms with van der Waals surface area (Å²) in [4.78, 5) is 5.45. The molecule has 1 aliphatic carbocycles. The minimum atomic E-state index is 0.750. The average molecular weight is 279 g/mol. The third kappa shape index (κ3) is 3.75. The molecule has 3 fully saturated rings. The van der Waals surface area contributed by atoms with Crippen LogP contribution in [0.25, 0.3) is 0 Å². The molecule has 2 atom stereocenters. The summed E-state index contributed by atoms with van der Waals surface area (Å²) >= 11 is 0. The Labute approximate surface area is 125 Å². The highest BCUT2D eigenvalue weighted by molar-refractivity contribution is 4.90. The predicted molar refractivity (Wildman–Crippen MR) is 85.1 cm³/mol. The minimum Gasteiger partial charge on any atom is -0.313 e. The van der Waals surface area contributed by atoms with Crippen LogP contribution in [0.1, 0.15) is 58.3 Å². The second-order valence-corrected chi connectivity index (χ2v) is 7.28. The summed E-state index contributed by atoms with van der Waals surface area (Å²) in [5, 5.41) is 3.83. The second-order valence-electron chi connectivity index (χ2n) is 7.28. The number of rotatable bonds is 4. The van der Waals surface area contributed by atoms with E-state index in [4.69, 9.17) is 0 Å². The lowest BCUT2D eigenvalue weighted by Crippen LogP contribution is -2.56. The van der Waals surface area contributed by atoms with E-state index in [1.54, 1.807) is 0 Å². The van der Waals surface area contributed by atoms with E-state index >= 15 is 0 Å². The molecule has 3 nitrogen and oxygen atoms in total. The van der Waals surface area contributed by atoms with Gasteiger partial charge in [0.1, 0.15) is 0 Å². The molecule has 3 heteroatoms. The molecule has 2 saturated heterocycles. The minimum absolute atomic E-state index is 0.750. The Morgan fingerprint density at radius 1 is 0.950 bits per heavy atom. The maximum absolute atomic E-state index is 3.83. The zero-order chi connectivity index (χ0) is 13.8. The van der Waals surface area contributed by atoms with Gasteiger partial charge in [0.05, 0.1) is 0 Å². The van der Waals surface area contributed by atoms with E-state index in [-0.39, 0.29) is 0 Å². The van der Waals surface area contributed by atoms with Gasteiger partial charge in [0.2, 0.25) is 0 Å². The molecule has 20 heavy (non-hydrogen) atoms. The molecule has 2 heterocycles. The maximum atomic E-state index is 3.83. The molecular weight excluding hydrogens is 246 g/mol. The van der Waals surface area contributed by atoms with Gasteiger partial charge in [-0.05, 0) is 39.2 Å². The first-order chi connectivity index (χ1) is 9.83. The van der Waals surface area contributed by atoms with Crippen molar-refractivity contribution in [1.29, 1.82) is 0 Å². The van der Waals surface area contributed by atoms with E-state index in [1.165, 1.54) is 84.1 Å². The fourth-order valence-electron chi connectivity index (χ4n) is 4.46. The molecule has 116 valence electrons. The Morgan fingerprint density at radius 2 is 1.75 bits per heavy atom. The Hall–Kier alpha value is -0.120. The van der Waals surface area contributed by atoms with Crippen LogP contribution in [0.4, 0.5) is 0 Å². The molecule has 3 rings (SSSR count). The van der Waals surface area contributed by atoms with Crippen LogP contribution in [0.5, 0.6) is 0 Å². The Morgan fingerprint density at radius 3 is 2.55 bits per heavy atom. The van der Waals surface area contributed by atoms with Crippen molar-refractivity contribution in [3.8, 4) is 0 Å². The summed E-state index contributed by atoms with van der Waals surface area (Å²) < 4.78 is 0. The highest BCUT2D eigenvalue weighted by Crippen LogP contribution is 2.24. The summed E-state index contributed by atoms with van der Waals surface area (Å²) in [6, 6.07) is 2.42. The van der Waals surface area contributed by atoms with Crippen molar-refractivity contribution in [1.82, 2.24) is 15.1 Å². The normalized spacial score (nSPS) is 34.0. The Kier molecular flexibility index (Phi) is 5.36. The summed E-state index contributed by atoms with van der Waals surface area (Å²) in [5.74, 6) is 0. The van der Waals surface area contributed by atoms with Crippen molar-refractivity contribution in [3.63, 3.8) is 0 Å². The van der Waals surface area contributed by atoms with Gasteiger partial charge in [0, 0.05) is 44.3 Å². The van der Waals surface area contributed by atoms with E-state index in [2.05, 4.69) is 22.0 Å². The van der Waals surface area contributed by atoms with Gasteiger partial charge in [0.25, 0.3) is 0 Å². The van der Waals surface area contributed by atoms with Gasteiger partial charge >= 0.3 is 0 Å². The standard InChI is InChI=1S/C17H33N3/c1-15-13-20-11-6-9-17(20)14-19(15)12-10-18-16-7-4-2-3-5-8-16/h15-18H,2-14H2,1H3. The van der Waals surface area contributed by atoms with Crippen LogP contribution in [-0.2, 0) is 0 Å². The van der Waals surface area contributed by atoms with Crippen LogP contribution >= 0.6 is 0 Å². The SMILES string of the molecule is CC1CN2CCCC2CN1CCNC1CCCCCC1. The summed E-state index contributed by atoms with van der Waals surface area (Å²) in [5.41, 5.74) is 0. The van der Waals surface area contributed by atoms with E-state index in [0.29, 0.717) is 0 Å². The van der Waals surface area contributed by atoms with Gasteiger partial charge in [-0.3, -0.25) is 9.80 Å². The number of piperazine rings is 1. The lowest BCUT2D eigenvalue weighted by Gasteiger charge is -2.42. The number of nitrogens with zero attached hydrogens (tertiary/aromatic N) is 2. The van der Waals surface area contributed by atoms with E-state index in [1.807, 2.05) is 0 Å². The highest BCUT2D eigenvalue weighted by atomic mass is 15.3. The smallest absolute Gasteiger partial charge is 0.0224 e. The van der Waals surface area contributed by atoms with E-state index < -0.39 is 0 Å². The van der Waals surface area contributed by atoms with E-state index in [0.717, 1.165) is 18.1 Å². The maximum Gasteiger partial charge on any atom is 0.0224 e. The summed E-state index contributed by atoms with van der Waals surface area (Å²) in [7, 11) is 0. The number of hydrogen-bond donors (Lipinski definition) is 1. The monoisotopic (exact) mass is 279 g/mol. The number of nitrogens with one attached hydrogen (secondary N) is 1. The molecule has 3 aliphatic rings. The van der Waals surface area contributed by atoms with Crippen molar-refractivity contribution >= 4 is 0 Å². The molecule has 1 N–H and O–H groups in total. The molecule has 0 aromatic heterocycles. The van der Waals surface area contributed by atoms with Crippen LogP contribution in [0.3, 0.4) is 0 Å². The Bertz CT molecular complexity index is 286. The number of fused-ring (bicyclic) bond motifs is 1. The van der Waals surface area contributed by atoms with Crippen molar-refractivity contribution in [3.05, 3.63) is 0 Å². The molecule has 0 spiro atoms. The molecular formula is C17H33N3. The topological polar surface area (TPSA) is 18.5 Å². The molecule has 0 radical (unpaired) electrons. The van der Waals surface area contributed by atoms with Gasteiger partial charge in [-0.25, -0.2) is 0 Å². The quantitative estimate of drug-likeness (QED) is 0.798. The van der Waals surface area contributed by atoms with Gasteiger partial charge in [0.15, 0.2) is 0 Å². The lowest BCUT2D eigenvalue weighted by molar-refractivity contribution is 0.0597. The summed E-state index contributed by atoms with van der Waals surface area (Å²) in [6.45, 7) is 8.83. The van der Waals surface area contributed by atoms with Crippen LogP contribution in [0, 0.1) is 0 Å². The summed E-state index contributed by atoms with van der Waals surface area (Å²) in [6.07, 6.45) is 11.5. The molecule has 0 aromatic rings. The van der Waals surface area contributed by atoms with Crippen LogP contribution in [0.15, 0.2) is 0 Å². The van der Waals surface area contributed by atoms with Gasteiger partial charge in [-0.2, -0.15) is 0 Å². The first kappa shape index (κ1) is 14.8. The zero-order valence-corrected chi connectivity index (χ0v) is 13.3. The molecule has 2 unspecified atom stereocenters. The molecule has 0 amide bonds. The first-order valence-electron chi connectivity index (χ1n) is 9.04. The average Bonchev–Trinajstić information content (AvgIpc) is 2.72. The van der Waals surface area contributed by atoms with Gasteiger partial charge in [-0.15, -0.1) is 0 Å². The van der Waals surface area contributed by atoms with Crippen LogP contribution in [0.2, 0.25) is 0 Å². The third-order valence-corrected chi connectivity index (χ3v) is 5.75. The fraction of sp³-hybridized carbons (Fsp3) is 1.00. The van der Waals surface area contributed by atoms with Crippen molar-refractivity contribution < 1.29 is 0 Å². The molecule has 0 bridgehead atoms. The third-order valence-electron chi connectivity index (χ3n) is 5.75. The van der Waals surface area contributed by atoms with Gasteiger partial charge in [-0.1, -0.05) is 25.7 Å². The van der Waals surface area contributed by atoms with Crippen LogP contribution < -0.4 is 5.32 Å². The number of hydrogen-bond acceptors (Lipinski definition) is 3. The fourth-order valence-corrected chi connectivity index (χ4v) is 4.46. The zero-order valence-electron chi connectivity index (χ0n) is 13.3. The Balaban J connectivity index is 1.39. The van der Waals surface area contributed by atoms with Crippen LogP contribution in [-0.4, -0.2) is 60.6 Å². The predicted octanol–water partition coefficient (Wildman–Crippen LogP) is 2.47. The highest BCUT2D eigenvalue weighted by Gasteiger charge is 2.33. The second kappa shape index (κ2) is 7.24. The lowest BCUT2D eigenvalue weighted by atomic mass is 10.1. The van der Waals surface area contributed by atoms with Crippen molar-refractivity contribution in [2.24, 2.45) is 0 Å². The molecule has 1 saturated carbocycles.